The third kappa shape index (κ3) is 6.04. The van der Waals surface area contributed by atoms with Crippen molar-refractivity contribution in [2.45, 2.75) is 25.3 Å². The number of hydrogen-bond donors (Lipinski definition) is 3. The first-order valence-corrected chi connectivity index (χ1v) is 6.82. The highest BCUT2D eigenvalue weighted by Crippen LogP contribution is 2.09. The van der Waals surface area contributed by atoms with E-state index in [-0.39, 0.29) is 18.7 Å². The van der Waals surface area contributed by atoms with Crippen LogP contribution in [0.25, 0.3) is 0 Å². The molecule has 0 spiro atoms. The van der Waals surface area contributed by atoms with Crippen molar-refractivity contribution in [3.8, 4) is 0 Å². The lowest BCUT2D eigenvalue weighted by atomic mass is 10.1. The first kappa shape index (κ1) is 16.5. The molecule has 1 amide bonds. The standard InChI is InChI=1S/C14H19ClN2O3/c1-16-13(18)7-6-12(14(19)20)17-9-8-10-2-4-11(15)5-3-10/h2-5,12,17H,6-9H2,1H3,(H,16,18)(H,19,20)/t12-/m0/s1. The lowest BCUT2D eigenvalue weighted by Gasteiger charge is -2.14. The molecule has 0 radical (unpaired) electrons. The molecule has 0 aliphatic rings. The summed E-state index contributed by atoms with van der Waals surface area (Å²) < 4.78 is 0. The van der Waals surface area contributed by atoms with E-state index in [4.69, 9.17) is 16.7 Å². The average molecular weight is 299 g/mol. The molecular formula is C14H19ClN2O3. The van der Waals surface area contributed by atoms with Gasteiger partial charge in [-0.2, -0.15) is 0 Å². The summed E-state index contributed by atoms with van der Waals surface area (Å²) in [6.07, 6.45) is 1.18. The molecule has 1 atom stereocenters. The highest BCUT2D eigenvalue weighted by molar-refractivity contribution is 6.30. The normalized spacial score (nSPS) is 11.9. The van der Waals surface area contributed by atoms with E-state index in [1.54, 1.807) is 12.1 Å². The summed E-state index contributed by atoms with van der Waals surface area (Å²) in [5.41, 5.74) is 1.08. The van der Waals surface area contributed by atoms with Crippen molar-refractivity contribution in [2.75, 3.05) is 13.6 Å². The van der Waals surface area contributed by atoms with E-state index >= 15 is 0 Å². The first-order chi connectivity index (χ1) is 9.52. The van der Waals surface area contributed by atoms with Crippen LogP contribution < -0.4 is 10.6 Å². The fourth-order valence-electron chi connectivity index (χ4n) is 1.76. The smallest absolute Gasteiger partial charge is 0.320 e. The van der Waals surface area contributed by atoms with Crippen LogP contribution in [-0.2, 0) is 16.0 Å². The zero-order valence-corrected chi connectivity index (χ0v) is 12.1. The predicted molar refractivity (Wildman–Crippen MR) is 77.9 cm³/mol. The van der Waals surface area contributed by atoms with Crippen molar-refractivity contribution in [3.05, 3.63) is 34.9 Å². The number of amides is 1. The van der Waals surface area contributed by atoms with Gasteiger partial charge in [0, 0.05) is 18.5 Å². The number of benzene rings is 1. The van der Waals surface area contributed by atoms with E-state index < -0.39 is 12.0 Å². The molecule has 0 bridgehead atoms. The number of carboxylic acid groups (broad SMARTS) is 1. The van der Waals surface area contributed by atoms with Gasteiger partial charge in [0.1, 0.15) is 6.04 Å². The van der Waals surface area contributed by atoms with Crippen LogP contribution >= 0.6 is 11.6 Å². The molecule has 0 saturated carbocycles. The van der Waals surface area contributed by atoms with Crippen LogP contribution in [0.15, 0.2) is 24.3 Å². The summed E-state index contributed by atoms with van der Waals surface area (Å²) in [4.78, 5) is 22.2. The Hall–Kier alpha value is -1.59. The van der Waals surface area contributed by atoms with Crippen molar-refractivity contribution in [1.82, 2.24) is 10.6 Å². The van der Waals surface area contributed by atoms with E-state index in [0.717, 1.165) is 5.56 Å². The van der Waals surface area contributed by atoms with Crippen molar-refractivity contribution in [3.63, 3.8) is 0 Å². The highest BCUT2D eigenvalue weighted by atomic mass is 35.5. The minimum Gasteiger partial charge on any atom is -0.480 e. The minimum absolute atomic E-state index is 0.157. The maximum Gasteiger partial charge on any atom is 0.320 e. The topological polar surface area (TPSA) is 78.4 Å². The zero-order valence-electron chi connectivity index (χ0n) is 11.4. The molecule has 0 unspecified atom stereocenters. The number of carboxylic acids is 1. The number of nitrogens with one attached hydrogen (secondary N) is 2. The molecule has 0 aliphatic heterocycles. The van der Waals surface area contributed by atoms with Crippen LogP contribution in [0, 0.1) is 0 Å². The van der Waals surface area contributed by atoms with Gasteiger partial charge in [0.25, 0.3) is 0 Å². The third-order valence-electron chi connectivity index (χ3n) is 2.95. The zero-order chi connectivity index (χ0) is 15.0. The molecule has 3 N–H and O–H groups in total. The van der Waals surface area contributed by atoms with Gasteiger partial charge in [-0.05, 0) is 37.1 Å². The second-order valence-corrected chi connectivity index (χ2v) is 4.87. The summed E-state index contributed by atoms with van der Waals surface area (Å²) >= 11 is 5.79. The van der Waals surface area contributed by atoms with Gasteiger partial charge < -0.3 is 15.7 Å². The fourth-order valence-corrected chi connectivity index (χ4v) is 1.88. The van der Waals surface area contributed by atoms with Gasteiger partial charge in [-0.25, -0.2) is 0 Å². The average Bonchev–Trinajstić information content (AvgIpc) is 2.43. The Balaban J connectivity index is 2.37. The third-order valence-corrected chi connectivity index (χ3v) is 3.21. The Morgan fingerprint density at radius 1 is 1.30 bits per heavy atom. The molecule has 0 fully saturated rings. The van der Waals surface area contributed by atoms with Gasteiger partial charge >= 0.3 is 5.97 Å². The monoisotopic (exact) mass is 298 g/mol. The summed E-state index contributed by atoms with van der Waals surface area (Å²) in [7, 11) is 1.53. The van der Waals surface area contributed by atoms with Gasteiger partial charge in [-0.15, -0.1) is 0 Å². The van der Waals surface area contributed by atoms with E-state index in [1.165, 1.54) is 7.05 Å². The van der Waals surface area contributed by atoms with Crippen molar-refractivity contribution < 1.29 is 14.7 Å². The maximum absolute atomic E-state index is 11.1. The molecule has 0 heterocycles. The number of carbonyl (C=O) groups is 2. The number of halogens is 1. The van der Waals surface area contributed by atoms with Crippen LogP contribution in [0.5, 0.6) is 0 Å². The van der Waals surface area contributed by atoms with E-state index in [9.17, 15) is 9.59 Å². The molecule has 0 aliphatic carbocycles. The molecule has 0 aromatic heterocycles. The number of hydrogen-bond acceptors (Lipinski definition) is 3. The molecule has 110 valence electrons. The Kier molecular flexibility index (Phi) is 7.04. The quantitative estimate of drug-likeness (QED) is 0.679. The summed E-state index contributed by atoms with van der Waals surface area (Å²) in [6, 6.07) is 6.71. The highest BCUT2D eigenvalue weighted by Gasteiger charge is 2.17. The maximum atomic E-state index is 11.1. The number of rotatable bonds is 8. The van der Waals surface area contributed by atoms with Crippen LogP contribution in [-0.4, -0.2) is 36.6 Å². The van der Waals surface area contributed by atoms with Crippen LogP contribution in [0.1, 0.15) is 18.4 Å². The van der Waals surface area contributed by atoms with Gasteiger partial charge in [-0.3, -0.25) is 9.59 Å². The summed E-state index contributed by atoms with van der Waals surface area (Å²) in [5.74, 6) is -1.10. The SMILES string of the molecule is CNC(=O)CC[C@H](NCCc1ccc(Cl)cc1)C(=O)O. The van der Waals surface area contributed by atoms with Crippen molar-refractivity contribution in [1.29, 1.82) is 0 Å². The van der Waals surface area contributed by atoms with E-state index in [0.29, 0.717) is 18.0 Å². The Bertz CT molecular complexity index is 448. The van der Waals surface area contributed by atoms with Crippen molar-refractivity contribution in [2.24, 2.45) is 0 Å². The fraction of sp³-hybridized carbons (Fsp3) is 0.429. The molecule has 6 heteroatoms. The number of carbonyl (C=O) groups excluding carboxylic acids is 1. The lowest BCUT2D eigenvalue weighted by molar-refractivity contribution is -0.139. The number of aliphatic carboxylic acids is 1. The van der Waals surface area contributed by atoms with E-state index in [1.807, 2.05) is 12.1 Å². The Labute approximate surface area is 123 Å². The minimum atomic E-state index is -0.940. The molecule has 0 saturated heterocycles. The predicted octanol–water partition coefficient (Wildman–Crippen LogP) is 1.45. The van der Waals surface area contributed by atoms with Gasteiger partial charge in [-0.1, -0.05) is 23.7 Å². The summed E-state index contributed by atoms with van der Waals surface area (Å²) in [5, 5.41) is 15.2. The van der Waals surface area contributed by atoms with Gasteiger partial charge in [0.15, 0.2) is 0 Å². The molecular weight excluding hydrogens is 280 g/mol. The van der Waals surface area contributed by atoms with Crippen molar-refractivity contribution >= 4 is 23.5 Å². The summed E-state index contributed by atoms with van der Waals surface area (Å²) in [6.45, 7) is 0.534. The molecule has 20 heavy (non-hydrogen) atoms. The molecule has 5 nitrogen and oxygen atoms in total. The van der Waals surface area contributed by atoms with Gasteiger partial charge in [0.05, 0.1) is 0 Å². The van der Waals surface area contributed by atoms with Crippen LogP contribution in [0.2, 0.25) is 5.02 Å². The van der Waals surface area contributed by atoms with Crippen LogP contribution in [0.4, 0.5) is 0 Å². The second-order valence-electron chi connectivity index (χ2n) is 4.43. The molecule has 1 aromatic carbocycles. The lowest BCUT2D eigenvalue weighted by Crippen LogP contribution is -2.38. The van der Waals surface area contributed by atoms with E-state index in [2.05, 4.69) is 10.6 Å². The Morgan fingerprint density at radius 3 is 2.50 bits per heavy atom. The molecule has 1 aromatic rings. The van der Waals surface area contributed by atoms with Gasteiger partial charge in [0.2, 0.25) is 5.91 Å². The van der Waals surface area contributed by atoms with Crippen LogP contribution in [0.3, 0.4) is 0 Å². The second kappa shape index (κ2) is 8.55. The Morgan fingerprint density at radius 2 is 1.95 bits per heavy atom. The largest absolute Gasteiger partial charge is 0.480 e. The molecule has 1 rings (SSSR count). The first-order valence-electron chi connectivity index (χ1n) is 6.44.